The molecule has 0 saturated heterocycles. The zero-order valence-electron chi connectivity index (χ0n) is 14.6. The molecule has 0 aromatic carbocycles. The topological polar surface area (TPSA) is 17.1 Å². The monoisotopic (exact) mass is 296 g/mol. The first-order valence-corrected chi connectivity index (χ1v) is 8.28. The van der Waals surface area contributed by atoms with Gasteiger partial charge in [0.05, 0.1) is 0 Å². The minimum atomic E-state index is 0.207. The van der Waals surface area contributed by atoms with Crippen LogP contribution in [-0.2, 0) is 4.79 Å². The molecule has 0 aromatic rings. The molecule has 1 heteroatoms. The highest BCUT2D eigenvalue weighted by Gasteiger charge is 2.42. The van der Waals surface area contributed by atoms with E-state index in [-0.39, 0.29) is 11.2 Å². The van der Waals surface area contributed by atoms with Gasteiger partial charge in [-0.05, 0) is 63.7 Å². The molecule has 1 nitrogen and oxygen atoms in total. The van der Waals surface area contributed by atoms with Gasteiger partial charge in [0.15, 0.2) is 0 Å². The van der Waals surface area contributed by atoms with Crippen molar-refractivity contribution in [3.05, 3.63) is 58.2 Å². The molecule has 0 heterocycles. The second kappa shape index (κ2) is 6.64. The maximum Gasteiger partial charge on any atom is 0.133 e. The van der Waals surface area contributed by atoms with Gasteiger partial charge >= 0.3 is 0 Å². The van der Waals surface area contributed by atoms with Gasteiger partial charge in [0.2, 0.25) is 0 Å². The van der Waals surface area contributed by atoms with E-state index in [4.69, 9.17) is 0 Å². The molecule has 1 unspecified atom stereocenters. The molecule has 0 aromatic heterocycles. The quantitative estimate of drug-likeness (QED) is 0.581. The van der Waals surface area contributed by atoms with Gasteiger partial charge in [0.1, 0.15) is 5.78 Å². The van der Waals surface area contributed by atoms with Gasteiger partial charge in [-0.25, -0.2) is 0 Å². The first-order chi connectivity index (χ1) is 10.3. The minimum absolute atomic E-state index is 0.207. The van der Waals surface area contributed by atoms with Crippen LogP contribution in [0.2, 0.25) is 0 Å². The zero-order valence-corrected chi connectivity index (χ0v) is 14.6. The molecule has 2 rings (SSSR count). The number of carbonyl (C=O) groups is 1. The average molecular weight is 296 g/mol. The number of ketones is 1. The fraction of sp³-hybridized carbons (Fsp3) is 0.476. The third-order valence-electron chi connectivity index (χ3n) is 5.01. The van der Waals surface area contributed by atoms with E-state index in [1.54, 1.807) is 18.1 Å². The molecule has 1 atom stereocenters. The molecular weight excluding hydrogens is 268 g/mol. The second-order valence-corrected chi connectivity index (χ2v) is 7.00. The minimum Gasteiger partial charge on any atom is -0.300 e. The van der Waals surface area contributed by atoms with Crippen LogP contribution in [0.4, 0.5) is 0 Å². The van der Waals surface area contributed by atoms with Gasteiger partial charge < -0.3 is 0 Å². The molecule has 2 aliphatic rings. The summed E-state index contributed by atoms with van der Waals surface area (Å²) in [4.78, 5) is 11.0. The molecule has 0 aliphatic heterocycles. The second-order valence-electron chi connectivity index (χ2n) is 7.00. The predicted molar refractivity (Wildman–Crippen MR) is 94.7 cm³/mol. The van der Waals surface area contributed by atoms with Crippen LogP contribution in [0.3, 0.4) is 0 Å². The summed E-state index contributed by atoms with van der Waals surface area (Å²) >= 11 is 0. The molecule has 0 N–H and O–H groups in total. The molecule has 2 aliphatic carbocycles. The Morgan fingerprint density at radius 2 is 2.05 bits per heavy atom. The summed E-state index contributed by atoms with van der Waals surface area (Å²) in [6, 6.07) is 0. The first kappa shape index (κ1) is 16.7. The first-order valence-electron chi connectivity index (χ1n) is 8.28. The van der Waals surface area contributed by atoms with Crippen LogP contribution in [-0.4, -0.2) is 5.78 Å². The van der Waals surface area contributed by atoms with Crippen molar-refractivity contribution in [2.45, 2.75) is 60.3 Å². The lowest BCUT2D eigenvalue weighted by molar-refractivity contribution is -0.116. The molecule has 0 bridgehead atoms. The van der Waals surface area contributed by atoms with Crippen LogP contribution < -0.4 is 0 Å². The Morgan fingerprint density at radius 1 is 1.32 bits per heavy atom. The van der Waals surface area contributed by atoms with Crippen molar-refractivity contribution in [2.75, 3.05) is 0 Å². The normalized spacial score (nSPS) is 26.0. The van der Waals surface area contributed by atoms with Crippen molar-refractivity contribution >= 4 is 5.78 Å². The van der Waals surface area contributed by atoms with Crippen LogP contribution >= 0.6 is 0 Å². The van der Waals surface area contributed by atoms with Crippen LogP contribution in [0.25, 0.3) is 0 Å². The highest BCUT2D eigenvalue weighted by molar-refractivity contribution is 5.77. The van der Waals surface area contributed by atoms with Crippen LogP contribution in [0.1, 0.15) is 60.3 Å². The Kier molecular flexibility index (Phi) is 5.05. The van der Waals surface area contributed by atoms with Crippen molar-refractivity contribution in [1.29, 1.82) is 0 Å². The van der Waals surface area contributed by atoms with Crippen molar-refractivity contribution in [3.8, 4) is 0 Å². The van der Waals surface area contributed by atoms with Gasteiger partial charge in [0, 0.05) is 11.8 Å². The van der Waals surface area contributed by atoms with E-state index in [1.807, 2.05) is 13.0 Å². The Labute approximate surface area is 135 Å². The summed E-state index contributed by atoms with van der Waals surface area (Å²) in [6.07, 6.45) is 15.1. The Morgan fingerprint density at radius 3 is 2.73 bits per heavy atom. The summed E-state index contributed by atoms with van der Waals surface area (Å²) in [5.41, 5.74) is 7.43. The lowest BCUT2D eigenvalue weighted by Crippen LogP contribution is -2.33. The molecular formula is C21H28O. The Balaban J connectivity index is 2.08. The van der Waals surface area contributed by atoms with Crippen LogP contribution in [0.5, 0.6) is 0 Å². The van der Waals surface area contributed by atoms with Crippen molar-refractivity contribution < 1.29 is 4.79 Å². The van der Waals surface area contributed by atoms with Gasteiger partial charge in [-0.15, -0.1) is 0 Å². The standard InChI is InChI=1S/C21H28O/c1-15(11-12-18(4)22)8-6-9-16(2)19-14-20-17(3)10-7-13-21(19,20)5/h6,8-9,11,14H,7,10,12-13H2,1-5H3/b8-6+,15-11+,16-9+. The van der Waals surface area contributed by atoms with E-state index < -0.39 is 0 Å². The van der Waals surface area contributed by atoms with Gasteiger partial charge in [-0.1, -0.05) is 48.5 Å². The summed E-state index contributed by atoms with van der Waals surface area (Å²) in [6.45, 7) is 10.5. The lowest BCUT2D eigenvalue weighted by Gasteiger charge is -2.46. The van der Waals surface area contributed by atoms with Crippen molar-refractivity contribution in [1.82, 2.24) is 0 Å². The molecule has 22 heavy (non-hydrogen) atoms. The molecule has 0 spiro atoms. The molecule has 0 saturated carbocycles. The highest BCUT2D eigenvalue weighted by atomic mass is 16.1. The van der Waals surface area contributed by atoms with E-state index in [1.165, 1.54) is 30.4 Å². The number of carbonyl (C=O) groups excluding carboxylic acids is 1. The third-order valence-corrected chi connectivity index (χ3v) is 5.01. The number of fused-ring (bicyclic) bond motifs is 1. The Bertz CT molecular complexity index is 622. The van der Waals surface area contributed by atoms with Gasteiger partial charge in [-0.3, -0.25) is 4.79 Å². The molecule has 0 fully saturated rings. The smallest absolute Gasteiger partial charge is 0.133 e. The number of hydrogen-bond acceptors (Lipinski definition) is 1. The molecule has 0 amide bonds. The number of Topliss-reactive ketones (excluding diaryl/α,β-unsaturated/α-hetero) is 1. The zero-order chi connectivity index (χ0) is 16.3. The van der Waals surface area contributed by atoms with Crippen molar-refractivity contribution in [3.63, 3.8) is 0 Å². The summed E-state index contributed by atoms with van der Waals surface area (Å²) in [7, 11) is 0. The fourth-order valence-corrected chi connectivity index (χ4v) is 3.59. The third kappa shape index (κ3) is 3.40. The molecule has 0 radical (unpaired) electrons. The Hall–Kier alpha value is -1.63. The summed E-state index contributed by atoms with van der Waals surface area (Å²) in [5.74, 6) is 0.207. The van der Waals surface area contributed by atoms with Crippen molar-refractivity contribution in [2.24, 2.45) is 5.41 Å². The summed E-state index contributed by atoms with van der Waals surface area (Å²) < 4.78 is 0. The summed E-state index contributed by atoms with van der Waals surface area (Å²) in [5, 5.41) is 0. The van der Waals surface area contributed by atoms with E-state index in [2.05, 4.69) is 45.1 Å². The number of hydrogen-bond donors (Lipinski definition) is 0. The van der Waals surface area contributed by atoms with E-state index in [0.717, 1.165) is 5.57 Å². The SMILES string of the molecule is CC(=O)C/C=C(C)/C=C/C=C(\C)C1=CC2=C(C)CCCC12C. The van der Waals surface area contributed by atoms with E-state index in [9.17, 15) is 4.79 Å². The lowest BCUT2D eigenvalue weighted by atomic mass is 9.57. The maximum absolute atomic E-state index is 11.0. The molecule has 118 valence electrons. The van der Waals surface area contributed by atoms with E-state index in [0.29, 0.717) is 6.42 Å². The maximum atomic E-state index is 11.0. The van der Waals surface area contributed by atoms with E-state index >= 15 is 0 Å². The van der Waals surface area contributed by atoms with Crippen LogP contribution in [0.15, 0.2) is 58.2 Å². The highest BCUT2D eigenvalue weighted by Crippen LogP contribution is 2.56. The van der Waals surface area contributed by atoms with Gasteiger partial charge in [-0.2, -0.15) is 0 Å². The fourth-order valence-electron chi connectivity index (χ4n) is 3.59. The average Bonchev–Trinajstić information content (AvgIpc) is 2.42. The number of rotatable bonds is 5. The predicted octanol–water partition coefficient (Wildman–Crippen LogP) is 5.86. The largest absolute Gasteiger partial charge is 0.300 e. The van der Waals surface area contributed by atoms with Gasteiger partial charge in [0.25, 0.3) is 0 Å². The van der Waals surface area contributed by atoms with Crippen LogP contribution in [0, 0.1) is 5.41 Å². The number of allylic oxidation sites excluding steroid dienone is 10.